The Hall–Kier alpha value is -1.28. The zero-order valence-corrected chi connectivity index (χ0v) is 16.1. The van der Waals surface area contributed by atoms with Crippen LogP contribution in [-0.2, 0) is 6.54 Å². The average Bonchev–Trinajstić information content (AvgIpc) is 2.64. The van der Waals surface area contributed by atoms with Crippen LogP contribution in [0.2, 0.25) is 0 Å². The summed E-state index contributed by atoms with van der Waals surface area (Å²) in [5.41, 5.74) is 1.09. The quantitative estimate of drug-likeness (QED) is 0.782. The number of likely N-dealkylation sites (tertiary alicyclic amines) is 1. The molecule has 2 aliphatic rings. The number of aliphatic hydroxyl groups is 1. The van der Waals surface area contributed by atoms with E-state index < -0.39 is 6.61 Å². The number of rotatable bonds is 7. The third-order valence-corrected chi connectivity index (χ3v) is 5.79. The maximum Gasteiger partial charge on any atom is 0.387 e. The van der Waals surface area contributed by atoms with Crippen LogP contribution in [0.5, 0.6) is 5.75 Å². The van der Waals surface area contributed by atoms with Gasteiger partial charge < -0.3 is 14.7 Å². The fraction of sp³-hybridized carbons (Fsp3) is 0.700. The third-order valence-electron chi connectivity index (χ3n) is 5.79. The minimum Gasteiger partial charge on any atom is -0.435 e. The Morgan fingerprint density at radius 2 is 1.81 bits per heavy atom. The van der Waals surface area contributed by atoms with Gasteiger partial charge in [-0.05, 0) is 57.1 Å². The van der Waals surface area contributed by atoms with Gasteiger partial charge in [0.25, 0.3) is 0 Å². The summed E-state index contributed by atoms with van der Waals surface area (Å²) in [4.78, 5) is 7.39. The lowest BCUT2D eigenvalue weighted by atomic mass is 9.98. The van der Waals surface area contributed by atoms with E-state index in [1.165, 1.54) is 12.8 Å². The van der Waals surface area contributed by atoms with Gasteiger partial charge in [0, 0.05) is 44.9 Å². The molecule has 0 unspecified atom stereocenters. The molecule has 0 spiro atoms. The first-order chi connectivity index (χ1) is 13.0. The Bertz CT molecular complexity index is 565. The molecular formula is C20H31F2N3O2. The summed E-state index contributed by atoms with van der Waals surface area (Å²) in [6, 6.07) is 7.89. The van der Waals surface area contributed by atoms with Gasteiger partial charge in [-0.3, -0.25) is 9.80 Å². The van der Waals surface area contributed by atoms with Crippen LogP contribution < -0.4 is 4.74 Å². The summed E-state index contributed by atoms with van der Waals surface area (Å²) in [6.45, 7) is 3.44. The molecule has 0 aliphatic carbocycles. The highest BCUT2D eigenvalue weighted by Crippen LogP contribution is 2.24. The molecule has 2 fully saturated rings. The minimum atomic E-state index is -2.79. The van der Waals surface area contributed by atoms with Crippen LogP contribution in [0, 0.1) is 0 Å². The molecule has 5 nitrogen and oxygen atoms in total. The molecule has 152 valence electrons. The maximum absolute atomic E-state index is 12.3. The lowest BCUT2D eigenvalue weighted by Crippen LogP contribution is -2.58. The number of hydrogen-bond donors (Lipinski definition) is 1. The summed E-state index contributed by atoms with van der Waals surface area (Å²) in [7, 11) is 2.18. The van der Waals surface area contributed by atoms with E-state index in [4.69, 9.17) is 0 Å². The van der Waals surface area contributed by atoms with Crippen molar-refractivity contribution in [3.05, 3.63) is 29.8 Å². The van der Waals surface area contributed by atoms with Crippen LogP contribution >= 0.6 is 0 Å². The highest BCUT2D eigenvalue weighted by molar-refractivity contribution is 5.27. The molecule has 0 bridgehead atoms. The second-order valence-electron chi connectivity index (χ2n) is 7.70. The predicted molar refractivity (Wildman–Crippen MR) is 101 cm³/mol. The maximum atomic E-state index is 12.3. The van der Waals surface area contributed by atoms with Crippen molar-refractivity contribution in [3.8, 4) is 5.75 Å². The molecule has 0 aromatic heterocycles. The number of halogens is 2. The van der Waals surface area contributed by atoms with Crippen molar-refractivity contribution in [2.45, 2.75) is 44.5 Å². The van der Waals surface area contributed by atoms with E-state index in [-0.39, 0.29) is 12.4 Å². The van der Waals surface area contributed by atoms with E-state index in [0.29, 0.717) is 12.1 Å². The average molecular weight is 383 g/mol. The largest absolute Gasteiger partial charge is 0.435 e. The predicted octanol–water partition coefficient (Wildman–Crippen LogP) is 2.25. The van der Waals surface area contributed by atoms with Crippen LogP contribution in [0.1, 0.15) is 24.8 Å². The molecule has 0 radical (unpaired) electrons. The summed E-state index contributed by atoms with van der Waals surface area (Å²) < 4.78 is 28.9. The van der Waals surface area contributed by atoms with E-state index in [0.717, 1.165) is 51.3 Å². The van der Waals surface area contributed by atoms with Crippen molar-refractivity contribution in [2.75, 3.05) is 46.4 Å². The number of ether oxygens (including phenoxy) is 1. The van der Waals surface area contributed by atoms with Crippen molar-refractivity contribution < 1.29 is 18.6 Å². The minimum absolute atomic E-state index is 0.194. The van der Waals surface area contributed by atoms with Crippen molar-refractivity contribution in [3.63, 3.8) is 0 Å². The Balaban J connectivity index is 1.56. The van der Waals surface area contributed by atoms with E-state index in [9.17, 15) is 13.9 Å². The number of hydrogen-bond acceptors (Lipinski definition) is 5. The standard InChI is InChI=1S/C20H31F2N3O2/c1-23-9-6-17(7-10-23)25-12-11-24(15-18(25)8-13-26)14-16-2-4-19(5-3-16)27-20(21)22/h2-5,17-18,20,26H,6-15H2,1H3/t18-/m1/s1. The van der Waals surface area contributed by atoms with Crippen LogP contribution in [0.25, 0.3) is 0 Å². The topological polar surface area (TPSA) is 39.2 Å². The number of benzene rings is 1. The van der Waals surface area contributed by atoms with Crippen molar-refractivity contribution >= 4 is 0 Å². The summed E-state index contributed by atoms with van der Waals surface area (Å²) in [6.07, 6.45) is 3.19. The van der Waals surface area contributed by atoms with Crippen LogP contribution in [0.4, 0.5) is 8.78 Å². The first-order valence-corrected chi connectivity index (χ1v) is 9.86. The van der Waals surface area contributed by atoms with Gasteiger partial charge in [-0.15, -0.1) is 0 Å². The Labute approximate surface area is 160 Å². The highest BCUT2D eigenvalue weighted by atomic mass is 19.3. The van der Waals surface area contributed by atoms with Crippen molar-refractivity contribution in [1.29, 1.82) is 0 Å². The lowest BCUT2D eigenvalue weighted by molar-refractivity contribution is -0.0498. The normalized spacial score (nSPS) is 23.8. The Morgan fingerprint density at radius 1 is 1.11 bits per heavy atom. The fourth-order valence-corrected chi connectivity index (χ4v) is 4.33. The van der Waals surface area contributed by atoms with Crippen LogP contribution in [-0.4, -0.2) is 84.9 Å². The summed E-state index contributed by atoms with van der Waals surface area (Å²) in [5, 5.41) is 9.53. The lowest BCUT2D eigenvalue weighted by Gasteiger charge is -2.47. The molecule has 1 aromatic rings. The van der Waals surface area contributed by atoms with Gasteiger partial charge in [-0.25, -0.2) is 0 Å². The molecule has 7 heteroatoms. The van der Waals surface area contributed by atoms with Gasteiger partial charge in [0.05, 0.1) is 0 Å². The second kappa shape index (κ2) is 9.78. The van der Waals surface area contributed by atoms with Gasteiger partial charge in [-0.1, -0.05) is 12.1 Å². The zero-order chi connectivity index (χ0) is 19.2. The van der Waals surface area contributed by atoms with E-state index in [2.05, 4.69) is 26.5 Å². The Kier molecular flexibility index (Phi) is 7.41. The first-order valence-electron chi connectivity index (χ1n) is 9.86. The van der Waals surface area contributed by atoms with Crippen LogP contribution in [0.3, 0.4) is 0 Å². The molecule has 1 aromatic carbocycles. The number of aliphatic hydroxyl groups excluding tert-OH is 1. The van der Waals surface area contributed by atoms with Gasteiger partial charge in [0.1, 0.15) is 5.75 Å². The monoisotopic (exact) mass is 383 g/mol. The molecule has 2 saturated heterocycles. The number of alkyl halides is 2. The Morgan fingerprint density at radius 3 is 2.44 bits per heavy atom. The molecule has 0 saturated carbocycles. The molecule has 0 amide bonds. The smallest absolute Gasteiger partial charge is 0.387 e. The van der Waals surface area contributed by atoms with Gasteiger partial charge in [0.15, 0.2) is 0 Å². The van der Waals surface area contributed by atoms with Crippen molar-refractivity contribution in [1.82, 2.24) is 14.7 Å². The van der Waals surface area contributed by atoms with Crippen molar-refractivity contribution in [2.24, 2.45) is 0 Å². The first kappa shape index (κ1) is 20.5. The molecular weight excluding hydrogens is 352 g/mol. The molecule has 2 heterocycles. The van der Waals surface area contributed by atoms with Gasteiger partial charge >= 0.3 is 6.61 Å². The summed E-state index contributed by atoms with van der Waals surface area (Å²) >= 11 is 0. The molecule has 1 N–H and O–H groups in total. The SMILES string of the molecule is CN1CCC(N2CCN(Cc3ccc(OC(F)F)cc3)C[C@H]2CCO)CC1. The highest BCUT2D eigenvalue weighted by Gasteiger charge is 2.32. The number of piperazine rings is 1. The van der Waals surface area contributed by atoms with E-state index in [1.54, 1.807) is 12.1 Å². The van der Waals surface area contributed by atoms with E-state index in [1.807, 2.05) is 12.1 Å². The van der Waals surface area contributed by atoms with Gasteiger partial charge in [-0.2, -0.15) is 8.78 Å². The number of piperidine rings is 1. The fourth-order valence-electron chi connectivity index (χ4n) is 4.33. The molecule has 27 heavy (non-hydrogen) atoms. The summed E-state index contributed by atoms with van der Waals surface area (Å²) in [5.74, 6) is 0.194. The molecule has 2 aliphatic heterocycles. The molecule has 1 atom stereocenters. The van der Waals surface area contributed by atoms with Crippen LogP contribution in [0.15, 0.2) is 24.3 Å². The molecule has 3 rings (SSSR count). The number of nitrogens with zero attached hydrogens (tertiary/aromatic N) is 3. The van der Waals surface area contributed by atoms with Gasteiger partial charge in [0.2, 0.25) is 0 Å². The zero-order valence-electron chi connectivity index (χ0n) is 16.1. The van der Waals surface area contributed by atoms with E-state index >= 15 is 0 Å². The third kappa shape index (κ3) is 5.85. The second-order valence-corrected chi connectivity index (χ2v) is 7.70.